The van der Waals surface area contributed by atoms with Gasteiger partial charge in [0.2, 0.25) is 0 Å². The molecule has 0 aliphatic rings. The van der Waals surface area contributed by atoms with E-state index in [1.54, 1.807) is 12.5 Å². The SMILES string of the molecule is CCC(c1ccccc1)C(Cc1ccoc1)NN. The van der Waals surface area contributed by atoms with Gasteiger partial charge in [-0.05, 0) is 30.0 Å². The van der Waals surface area contributed by atoms with E-state index in [9.17, 15) is 0 Å². The van der Waals surface area contributed by atoms with Crippen LogP contribution in [-0.4, -0.2) is 6.04 Å². The number of nitrogens with two attached hydrogens (primary N) is 1. The maximum absolute atomic E-state index is 5.72. The van der Waals surface area contributed by atoms with Crippen molar-refractivity contribution in [3.8, 4) is 0 Å². The third-order valence-corrected chi connectivity index (χ3v) is 3.40. The lowest BCUT2D eigenvalue weighted by Gasteiger charge is -2.25. The molecule has 0 aliphatic heterocycles. The first kappa shape index (κ1) is 12.9. The van der Waals surface area contributed by atoms with Gasteiger partial charge in [0, 0.05) is 12.0 Å². The molecule has 2 rings (SSSR count). The molecule has 2 aromatic rings. The van der Waals surface area contributed by atoms with Crippen LogP contribution >= 0.6 is 0 Å². The molecule has 2 atom stereocenters. The van der Waals surface area contributed by atoms with E-state index >= 15 is 0 Å². The van der Waals surface area contributed by atoms with E-state index in [4.69, 9.17) is 10.3 Å². The van der Waals surface area contributed by atoms with Gasteiger partial charge in [-0.3, -0.25) is 11.3 Å². The Morgan fingerprint density at radius 2 is 2.00 bits per heavy atom. The van der Waals surface area contributed by atoms with Crippen LogP contribution in [0, 0.1) is 0 Å². The zero-order valence-corrected chi connectivity index (χ0v) is 10.7. The lowest BCUT2D eigenvalue weighted by molar-refractivity contribution is 0.425. The Kier molecular flexibility index (Phi) is 4.56. The third kappa shape index (κ3) is 3.00. The summed E-state index contributed by atoms with van der Waals surface area (Å²) in [7, 11) is 0. The molecule has 0 amide bonds. The summed E-state index contributed by atoms with van der Waals surface area (Å²) < 4.78 is 5.11. The molecule has 2 unspecified atom stereocenters. The van der Waals surface area contributed by atoms with Crippen LogP contribution in [0.5, 0.6) is 0 Å². The van der Waals surface area contributed by atoms with Gasteiger partial charge in [0.05, 0.1) is 12.5 Å². The first-order valence-electron chi connectivity index (χ1n) is 6.37. The maximum Gasteiger partial charge on any atom is 0.0935 e. The predicted octanol–water partition coefficient (Wildman–Crippen LogP) is 2.85. The van der Waals surface area contributed by atoms with Crippen LogP contribution in [0.4, 0.5) is 0 Å². The van der Waals surface area contributed by atoms with Crippen molar-refractivity contribution in [3.63, 3.8) is 0 Å². The van der Waals surface area contributed by atoms with E-state index in [1.165, 1.54) is 11.1 Å². The molecular formula is C15H20N2O. The van der Waals surface area contributed by atoms with Crippen LogP contribution < -0.4 is 11.3 Å². The standard InChI is InChI=1S/C15H20N2O/c1-2-14(13-6-4-3-5-7-13)15(17-16)10-12-8-9-18-11-12/h3-9,11,14-15,17H,2,10,16H2,1H3. The Morgan fingerprint density at radius 1 is 1.22 bits per heavy atom. The van der Waals surface area contributed by atoms with Crippen molar-refractivity contribution < 1.29 is 4.42 Å². The zero-order valence-electron chi connectivity index (χ0n) is 10.7. The van der Waals surface area contributed by atoms with Gasteiger partial charge in [0.15, 0.2) is 0 Å². The van der Waals surface area contributed by atoms with Crippen molar-refractivity contribution in [1.82, 2.24) is 5.43 Å². The van der Waals surface area contributed by atoms with Gasteiger partial charge >= 0.3 is 0 Å². The van der Waals surface area contributed by atoms with Crippen LogP contribution in [0.2, 0.25) is 0 Å². The molecule has 0 saturated carbocycles. The van der Waals surface area contributed by atoms with Gasteiger partial charge in [0.25, 0.3) is 0 Å². The molecule has 0 fully saturated rings. The van der Waals surface area contributed by atoms with E-state index in [-0.39, 0.29) is 6.04 Å². The van der Waals surface area contributed by atoms with Gasteiger partial charge in [0.1, 0.15) is 0 Å². The van der Waals surface area contributed by atoms with Crippen LogP contribution in [0.1, 0.15) is 30.4 Å². The monoisotopic (exact) mass is 244 g/mol. The Bertz CT molecular complexity index is 439. The smallest absolute Gasteiger partial charge is 0.0935 e. The molecule has 0 radical (unpaired) electrons. The summed E-state index contributed by atoms with van der Waals surface area (Å²) in [6.07, 6.45) is 5.41. The second-order valence-electron chi connectivity index (χ2n) is 4.53. The first-order valence-corrected chi connectivity index (χ1v) is 6.37. The minimum atomic E-state index is 0.218. The number of rotatable bonds is 6. The predicted molar refractivity (Wildman–Crippen MR) is 73.0 cm³/mol. The summed E-state index contributed by atoms with van der Waals surface area (Å²) in [6, 6.07) is 12.7. The van der Waals surface area contributed by atoms with Crippen molar-refractivity contribution in [3.05, 3.63) is 60.1 Å². The number of benzene rings is 1. The molecule has 1 aromatic carbocycles. The lowest BCUT2D eigenvalue weighted by atomic mass is 9.86. The molecule has 18 heavy (non-hydrogen) atoms. The number of nitrogens with one attached hydrogen (secondary N) is 1. The molecule has 0 saturated heterocycles. The quantitative estimate of drug-likeness (QED) is 0.607. The third-order valence-electron chi connectivity index (χ3n) is 3.40. The van der Waals surface area contributed by atoms with Crippen molar-refractivity contribution in [2.75, 3.05) is 0 Å². The molecular weight excluding hydrogens is 224 g/mol. The van der Waals surface area contributed by atoms with Gasteiger partial charge < -0.3 is 4.42 Å². The Balaban J connectivity index is 2.14. The van der Waals surface area contributed by atoms with Crippen molar-refractivity contribution in [2.24, 2.45) is 5.84 Å². The van der Waals surface area contributed by atoms with Gasteiger partial charge in [-0.2, -0.15) is 0 Å². The highest BCUT2D eigenvalue weighted by Crippen LogP contribution is 2.25. The van der Waals surface area contributed by atoms with E-state index in [0.717, 1.165) is 12.8 Å². The van der Waals surface area contributed by atoms with E-state index < -0.39 is 0 Å². The van der Waals surface area contributed by atoms with Crippen molar-refractivity contribution in [1.29, 1.82) is 0 Å². The fraction of sp³-hybridized carbons (Fsp3) is 0.333. The summed E-state index contributed by atoms with van der Waals surface area (Å²) >= 11 is 0. The average molecular weight is 244 g/mol. The number of hydrogen-bond donors (Lipinski definition) is 2. The molecule has 1 heterocycles. The Hall–Kier alpha value is -1.58. The van der Waals surface area contributed by atoms with Gasteiger partial charge in [-0.1, -0.05) is 37.3 Å². The molecule has 0 bridgehead atoms. The number of hydrogen-bond acceptors (Lipinski definition) is 3. The average Bonchev–Trinajstić information content (AvgIpc) is 2.92. The first-order chi connectivity index (χ1) is 8.85. The second-order valence-corrected chi connectivity index (χ2v) is 4.53. The minimum absolute atomic E-state index is 0.218. The molecule has 3 N–H and O–H groups in total. The van der Waals surface area contributed by atoms with E-state index in [0.29, 0.717) is 5.92 Å². The van der Waals surface area contributed by atoms with E-state index in [1.807, 2.05) is 12.1 Å². The lowest BCUT2D eigenvalue weighted by Crippen LogP contribution is -2.41. The summed E-state index contributed by atoms with van der Waals surface area (Å²) in [4.78, 5) is 0. The zero-order chi connectivity index (χ0) is 12.8. The van der Waals surface area contributed by atoms with Crippen LogP contribution in [-0.2, 0) is 6.42 Å². The highest BCUT2D eigenvalue weighted by molar-refractivity contribution is 5.22. The Labute approximate surface area is 108 Å². The summed E-state index contributed by atoms with van der Waals surface area (Å²) in [5.41, 5.74) is 5.45. The normalized spacial score (nSPS) is 14.3. The maximum atomic E-state index is 5.72. The molecule has 0 spiro atoms. The number of furan rings is 1. The minimum Gasteiger partial charge on any atom is -0.472 e. The molecule has 3 heteroatoms. The topological polar surface area (TPSA) is 51.2 Å². The Morgan fingerprint density at radius 3 is 2.56 bits per heavy atom. The number of hydrazine groups is 1. The molecule has 1 aromatic heterocycles. The van der Waals surface area contributed by atoms with Crippen LogP contribution in [0.15, 0.2) is 53.3 Å². The highest BCUT2D eigenvalue weighted by Gasteiger charge is 2.21. The van der Waals surface area contributed by atoms with Crippen molar-refractivity contribution >= 4 is 0 Å². The summed E-state index contributed by atoms with van der Waals surface area (Å²) in [5, 5.41) is 0. The largest absolute Gasteiger partial charge is 0.472 e. The molecule has 96 valence electrons. The fourth-order valence-corrected chi connectivity index (χ4v) is 2.43. The van der Waals surface area contributed by atoms with Gasteiger partial charge in [-0.25, -0.2) is 0 Å². The van der Waals surface area contributed by atoms with Crippen molar-refractivity contribution in [2.45, 2.75) is 31.7 Å². The molecule has 3 nitrogen and oxygen atoms in total. The fourth-order valence-electron chi connectivity index (χ4n) is 2.43. The van der Waals surface area contributed by atoms with Gasteiger partial charge in [-0.15, -0.1) is 0 Å². The summed E-state index contributed by atoms with van der Waals surface area (Å²) in [6.45, 7) is 2.19. The van der Waals surface area contributed by atoms with Crippen LogP contribution in [0.25, 0.3) is 0 Å². The summed E-state index contributed by atoms with van der Waals surface area (Å²) in [5.74, 6) is 6.13. The van der Waals surface area contributed by atoms with E-state index in [2.05, 4.69) is 36.6 Å². The molecule has 0 aliphatic carbocycles. The van der Waals surface area contributed by atoms with Crippen LogP contribution in [0.3, 0.4) is 0 Å². The second kappa shape index (κ2) is 6.38. The highest BCUT2D eigenvalue weighted by atomic mass is 16.3.